The predicted molar refractivity (Wildman–Crippen MR) is 125 cm³/mol. The van der Waals surface area contributed by atoms with Gasteiger partial charge >= 0.3 is 6.03 Å². The summed E-state index contributed by atoms with van der Waals surface area (Å²) < 4.78 is 10.9. The van der Waals surface area contributed by atoms with Gasteiger partial charge in [-0.3, -0.25) is 19.7 Å². The highest BCUT2D eigenvalue weighted by molar-refractivity contribution is 6.15. The van der Waals surface area contributed by atoms with Crippen LogP contribution in [0.4, 0.5) is 16.2 Å². The van der Waals surface area contributed by atoms with Gasteiger partial charge in [0, 0.05) is 23.8 Å². The Labute approximate surface area is 199 Å². The molecular formula is C24H20N4O7. The number of para-hydroxylation sites is 2. The number of carbonyl (C=O) groups excluding carboxylic acids is 3. The van der Waals surface area contributed by atoms with Crippen LogP contribution < -0.4 is 15.4 Å². The molecule has 1 fully saturated rings. The van der Waals surface area contributed by atoms with E-state index in [1.54, 1.807) is 49.4 Å². The van der Waals surface area contributed by atoms with Crippen molar-refractivity contribution in [1.82, 2.24) is 10.2 Å². The number of amides is 4. The molecule has 1 aromatic heterocycles. The fourth-order valence-electron chi connectivity index (χ4n) is 3.55. The molecule has 4 rings (SSSR count). The minimum atomic E-state index is -0.741. The van der Waals surface area contributed by atoms with Crippen molar-refractivity contribution in [3.8, 4) is 17.1 Å². The fraction of sp³-hybridized carbons (Fsp3) is 0.125. The molecule has 2 N–H and O–H groups in total. The smallest absolute Gasteiger partial charge is 0.329 e. The standard InChI is InChI=1S/C24H20N4O7/c1-14-11-15(28(32)33)7-9-17(14)20-10-8-16(35-20)12-19-23(30)27(24(31)26-19)13-22(29)25-18-5-3-4-6-21(18)34-2/h3-12H,13H2,1-2H3,(H,25,29)(H,26,31)/b19-12-. The van der Waals surface area contributed by atoms with Crippen LogP contribution in [0.1, 0.15) is 11.3 Å². The number of carbonyl (C=O) groups is 3. The summed E-state index contributed by atoms with van der Waals surface area (Å²) in [5.41, 5.74) is 1.62. The minimum absolute atomic E-state index is 0.0331. The number of aryl methyl sites for hydroxylation is 1. The van der Waals surface area contributed by atoms with E-state index in [0.29, 0.717) is 28.3 Å². The van der Waals surface area contributed by atoms with E-state index in [0.717, 1.165) is 4.90 Å². The summed E-state index contributed by atoms with van der Waals surface area (Å²) >= 11 is 0. The molecule has 0 aliphatic carbocycles. The number of non-ortho nitro benzene ring substituents is 1. The summed E-state index contributed by atoms with van der Waals surface area (Å²) in [5, 5.41) is 16.0. The minimum Gasteiger partial charge on any atom is -0.495 e. The molecule has 0 atom stereocenters. The molecule has 11 heteroatoms. The number of ether oxygens (including phenoxy) is 1. The van der Waals surface area contributed by atoms with Gasteiger partial charge in [0.1, 0.15) is 29.5 Å². The molecule has 1 saturated heterocycles. The number of furan rings is 1. The van der Waals surface area contributed by atoms with Crippen LogP contribution in [0.3, 0.4) is 0 Å². The average Bonchev–Trinajstić information content (AvgIpc) is 3.39. The van der Waals surface area contributed by atoms with E-state index in [-0.39, 0.29) is 17.1 Å². The number of rotatable bonds is 7. The van der Waals surface area contributed by atoms with E-state index in [1.165, 1.54) is 25.3 Å². The number of hydrogen-bond acceptors (Lipinski definition) is 7. The number of imide groups is 1. The van der Waals surface area contributed by atoms with Crippen molar-refractivity contribution < 1.29 is 28.5 Å². The largest absolute Gasteiger partial charge is 0.495 e. The Morgan fingerprint density at radius 2 is 1.97 bits per heavy atom. The normalized spacial score (nSPS) is 14.2. The van der Waals surface area contributed by atoms with Crippen LogP contribution in [-0.4, -0.2) is 41.3 Å². The maximum Gasteiger partial charge on any atom is 0.329 e. The van der Waals surface area contributed by atoms with Crippen molar-refractivity contribution in [2.24, 2.45) is 0 Å². The molecule has 0 spiro atoms. The molecule has 3 aromatic rings. The third kappa shape index (κ3) is 4.88. The number of nitrogens with zero attached hydrogens (tertiary/aromatic N) is 2. The highest BCUT2D eigenvalue weighted by Gasteiger charge is 2.35. The lowest BCUT2D eigenvalue weighted by atomic mass is 10.1. The number of nitrogens with one attached hydrogen (secondary N) is 2. The Hall–Kier alpha value is -4.93. The molecule has 11 nitrogen and oxygen atoms in total. The number of methoxy groups -OCH3 is 1. The van der Waals surface area contributed by atoms with Gasteiger partial charge in [0.25, 0.3) is 11.6 Å². The Morgan fingerprint density at radius 1 is 1.20 bits per heavy atom. The Balaban J connectivity index is 1.47. The highest BCUT2D eigenvalue weighted by Crippen LogP contribution is 2.29. The predicted octanol–water partition coefficient (Wildman–Crippen LogP) is 3.70. The zero-order valence-electron chi connectivity index (χ0n) is 18.7. The van der Waals surface area contributed by atoms with E-state index < -0.39 is 29.3 Å². The third-order valence-electron chi connectivity index (χ3n) is 5.24. The van der Waals surface area contributed by atoms with Crippen LogP contribution >= 0.6 is 0 Å². The zero-order chi connectivity index (χ0) is 25.1. The van der Waals surface area contributed by atoms with Gasteiger partial charge in [0.2, 0.25) is 5.91 Å². The van der Waals surface area contributed by atoms with Crippen LogP contribution in [0.5, 0.6) is 5.75 Å². The van der Waals surface area contributed by atoms with Gasteiger partial charge in [0.05, 0.1) is 17.7 Å². The quantitative estimate of drug-likeness (QED) is 0.229. The van der Waals surface area contributed by atoms with Crippen molar-refractivity contribution in [1.29, 1.82) is 0 Å². The molecule has 0 saturated carbocycles. The fourth-order valence-corrected chi connectivity index (χ4v) is 3.55. The van der Waals surface area contributed by atoms with Gasteiger partial charge in [-0.25, -0.2) is 9.69 Å². The first-order chi connectivity index (χ1) is 16.8. The molecule has 2 aromatic carbocycles. The topological polar surface area (TPSA) is 144 Å². The van der Waals surface area contributed by atoms with E-state index in [1.807, 2.05) is 0 Å². The number of nitro benzene ring substituents is 1. The molecule has 178 valence electrons. The van der Waals surface area contributed by atoms with Gasteiger partial charge in [0.15, 0.2) is 0 Å². The Kier molecular flexibility index (Phi) is 6.32. The van der Waals surface area contributed by atoms with Gasteiger partial charge in [-0.1, -0.05) is 12.1 Å². The van der Waals surface area contributed by atoms with Gasteiger partial charge in [-0.2, -0.15) is 0 Å². The van der Waals surface area contributed by atoms with E-state index in [9.17, 15) is 24.5 Å². The number of benzene rings is 2. The van der Waals surface area contributed by atoms with Crippen LogP contribution in [0.2, 0.25) is 0 Å². The highest BCUT2D eigenvalue weighted by atomic mass is 16.6. The van der Waals surface area contributed by atoms with Crippen LogP contribution in [-0.2, 0) is 9.59 Å². The molecule has 35 heavy (non-hydrogen) atoms. The molecule has 2 heterocycles. The van der Waals surface area contributed by atoms with Crippen molar-refractivity contribution in [2.45, 2.75) is 6.92 Å². The van der Waals surface area contributed by atoms with E-state index >= 15 is 0 Å². The van der Waals surface area contributed by atoms with Crippen LogP contribution in [0.15, 0.2) is 64.7 Å². The summed E-state index contributed by atoms with van der Waals surface area (Å²) in [6, 6.07) is 13.6. The average molecular weight is 476 g/mol. The summed E-state index contributed by atoms with van der Waals surface area (Å²) in [6.07, 6.45) is 1.35. The number of urea groups is 1. The molecule has 1 aliphatic heterocycles. The number of nitro groups is 1. The monoisotopic (exact) mass is 476 g/mol. The molecule has 0 radical (unpaired) electrons. The molecular weight excluding hydrogens is 456 g/mol. The molecule has 0 unspecified atom stereocenters. The summed E-state index contributed by atoms with van der Waals surface area (Å²) in [4.78, 5) is 48.7. The summed E-state index contributed by atoms with van der Waals surface area (Å²) in [5.74, 6) is -0.103. The third-order valence-corrected chi connectivity index (χ3v) is 5.24. The van der Waals surface area contributed by atoms with Crippen molar-refractivity contribution in [3.63, 3.8) is 0 Å². The number of hydrogen-bond donors (Lipinski definition) is 2. The second kappa shape index (κ2) is 9.51. The Bertz CT molecular complexity index is 1380. The van der Waals surface area contributed by atoms with Crippen molar-refractivity contribution in [2.75, 3.05) is 19.0 Å². The first-order valence-corrected chi connectivity index (χ1v) is 10.4. The lowest BCUT2D eigenvalue weighted by Crippen LogP contribution is -2.38. The molecule has 4 amide bonds. The Morgan fingerprint density at radius 3 is 2.69 bits per heavy atom. The first-order valence-electron chi connectivity index (χ1n) is 10.4. The maximum absolute atomic E-state index is 12.7. The molecule has 0 bridgehead atoms. The second-order valence-electron chi connectivity index (χ2n) is 7.59. The van der Waals surface area contributed by atoms with Crippen molar-refractivity contribution in [3.05, 3.63) is 81.7 Å². The van der Waals surface area contributed by atoms with Crippen LogP contribution in [0.25, 0.3) is 17.4 Å². The second-order valence-corrected chi connectivity index (χ2v) is 7.59. The van der Waals surface area contributed by atoms with Gasteiger partial charge in [-0.05, 0) is 42.8 Å². The zero-order valence-corrected chi connectivity index (χ0v) is 18.7. The lowest BCUT2D eigenvalue weighted by Gasteiger charge is -2.13. The van der Waals surface area contributed by atoms with Crippen molar-refractivity contribution >= 4 is 35.3 Å². The lowest BCUT2D eigenvalue weighted by molar-refractivity contribution is -0.384. The van der Waals surface area contributed by atoms with Crippen LogP contribution in [0, 0.1) is 17.0 Å². The van der Waals surface area contributed by atoms with E-state index in [4.69, 9.17) is 9.15 Å². The maximum atomic E-state index is 12.7. The SMILES string of the molecule is COc1ccccc1NC(=O)CN1C(=O)N/C(=C\c2ccc(-c3ccc([N+](=O)[O-])cc3C)o2)C1=O. The summed E-state index contributed by atoms with van der Waals surface area (Å²) in [7, 11) is 1.46. The van der Waals surface area contributed by atoms with Gasteiger partial charge in [-0.15, -0.1) is 0 Å². The van der Waals surface area contributed by atoms with E-state index in [2.05, 4.69) is 10.6 Å². The summed E-state index contributed by atoms with van der Waals surface area (Å²) in [6.45, 7) is 1.23. The van der Waals surface area contributed by atoms with Gasteiger partial charge < -0.3 is 19.8 Å². The first kappa shape index (κ1) is 23.2. The number of anilines is 1. The molecule has 1 aliphatic rings.